The molecule has 1 aromatic heterocycles. The maximum atomic E-state index is 13.3. The van der Waals surface area contributed by atoms with Gasteiger partial charge in [-0.2, -0.15) is 43.2 Å². The number of nitrogens with zero attached hydrogens (tertiary/aromatic N) is 3. The fraction of sp³-hybridized carbons (Fsp3) is 0.667. The first-order valence-electron chi connectivity index (χ1n) is 8.85. The molecule has 18 heteroatoms. The number of methoxy groups -OCH3 is 1. The highest BCUT2D eigenvalue weighted by atomic mass is 32.3. The van der Waals surface area contributed by atoms with E-state index in [2.05, 4.69) is 4.74 Å². The van der Waals surface area contributed by atoms with Crippen molar-refractivity contribution < 1.29 is 65.4 Å². The van der Waals surface area contributed by atoms with Crippen LogP contribution in [-0.4, -0.2) is 61.4 Å². The zero-order valence-corrected chi connectivity index (χ0v) is 19.3. The van der Waals surface area contributed by atoms with Gasteiger partial charge in [0.1, 0.15) is 12.4 Å². The van der Waals surface area contributed by atoms with Crippen LogP contribution in [0.2, 0.25) is 0 Å². The third-order valence-corrected chi connectivity index (χ3v) is 7.76. The van der Waals surface area contributed by atoms with Gasteiger partial charge in [0, 0.05) is 6.92 Å². The smallest absolute Gasteiger partial charge is 0.462 e. The molecule has 0 aromatic carbocycles. The van der Waals surface area contributed by atoms with Crippen LogP contribution < -0.4 is 4.57 Å². The normalized spacial score (nSPS) is 15.0. The van der Waals surface area contributed by atoms with E-state index in [1.54, 1.807) is 6.92 Å². The first kappa shape index (κ1) is 28.7. The molecule has 0 amide bonds. The molecule has 0 spiro atoms. The summed E-state index contributed by atoms with van der Waals surface area (Å²) in [5.41, 5.74) is -16.0. The van der Waals surface area contributed by atoms with Crippen molar-refractivity contribution in [3.63, 3.8) is 0 Å². The van der Waals surface area contributed by atoms with Gasteiger partial charge in [0.15, 0.2) is 0 Å². The Morgan fingerprint density at radius 2 is 1.55 bits per heavy atom. The minimum Gasteiger partial charge on any atom is -0.462 e. The second-order valence-electron chi connectivity index (χ2n) is 6.66. The van der Waals surface area contributed by atoms with E-state index in [0.717, 1.165) is 12.5 Å². The number of sulfonamides is 2. The number of imidazole rings is 1. The fourth-order valence-corrected chi connectivity index (χ4v) is 5.31. The van der Waals surface area contributed by atoms with Gasteiger partial charge in [0.2, 0.25) is 6.33 Å². The van der Waals surface area contributed by atoms with E-state index in [-0.39, 0.29) is 13.0 Å². The van der Waals surface area contributed by atoms with Gasteiger partial charge in [-0.15, -0.1) is 0 Å². The average Bonchev–Trinajstić information content (AvgIpc) is 3.10. The lowest BCUT2D eigenvalue weighted by Crippen LogP contribution is -2.56. The lowest BCUT2D eigenvalue weighted by Gasteiger charge is -2.23. The van der Waals surface area contributed by atoms with Crippen molar-refractivity contribution in [2.75, 3.05) is 13.7 Å². The summed E-state index contributed by atoms with van der Waals surface area (Å²) in [4.78, 5) is 12.9. The molecule has 0 aliphatic heterocycles. The van der Waals surface area contributed by atoms with Crippen molar-refractivity contribution in [1.82, 2.24) is 4.57 Å². The molecule has 0 saturated carbocycles. The van der Waals surface area contributed by atoms with Crippen LogP contribution in [-0.2, 0) is 46.9 Å². The molecule has 0 radical (unpaired) electrons. The van der Waals surface area contributed by atoms with Crippen LogP contribution in [0, 0.1) is 0 Å². The lowest BCUT2D eigenvalue weighted by molar-refractivity contribution is -0.671. The van der Waals surface area contributed by atoms with Crippen molar-refractivity contribution in [3.05, 3.63) is 18.7 Å². The first-order valence-corrected chi connectivity index (χ1v) is 11.7. The second-order valence-corrected chi connectivity index (χ2v) is 10.4. The first-order chi connectivity index (χ1) is 14.8. The number of ether oxygens (including phenoxy) is 2. The van der Waals surface area contributed by atoms with Crippen molar-refractivity contribution in [2.24, 2.45) is 7.05 Å². The molecule has 33 heavy (non-hydrogen) atoms. The van der Waals surface area contributed by atoms with Gasteiger partial charge < -0.3 is 9.47 Å². The summed E-state index contributed by atoms with van der Waals surface area (Å²) in [6, 6.07) is 0. The van der Waals surface area contributed by atoms with Gasteiger partial charge in [-0.25, -0.2) is 13.9 Å². The number of aryl methyl sites for hydroxylation is 1. The number of hydrogen-bond acceptors (Lipinski definition) is 7. The Bertz CT molecular complexity index is 1080. The van der Waals surface area contributed by atoms with Crippen molar-refractivity contribution in [2.45, 2.75) is 43.2 Å². The van der Waals surface area contributed by atoms with Crippen LogP contribution in [0.3, 0.4) is 0 Å². The summed E-state index contributed by atoms with van der Waals surface area (Å²) in [6.45, 7) is 1.97. The summed E-state index contributed by atoms with van der Waals surface area (Å²) < 4.78 is 137. The highest BCUT2D eigenvalue weighted by molar-refractivity contribution is 7.98. The van der Waals surface area contributed by atoms with E-state index in [1.165, 1.54) is 17.8 Å². The highest BCUT2D eigenvalue weighted by Crippen LogP contribution is 2.35. The Morgan fingerprint density at radius 1 is 1.06 bits per heavy atom. The average molecular weight is 533 g/mol. The largest absolute Gasteiger partial charge is 0.561 e. The van der Waals surface area contributed by atoms with E-state index in [4.69, 9.17) is 4.74 Å². The predicted molar refractivity (Wildman–Crippen MR) is 97.3 cm³/mol. The molecule has 190 valence electrons. The lowest BCUT2D eigenvalue weighted by atomic mass is 10.0. The molecule has 0 aliphatic rings. The maximum absolute atomic E-state index is 13.3. The molecule has 1 heterocycles. The van der Waals surface area contributed by atoms with E-state index in [1.807, 2.05) is 0 Å². The molecule has 0 bridgehead atoms. The summed E-state index contributed by atoms with van der Waals surface area (Å²) in [5.74, 6) is -3.61. The minimum atomic E-state index is -7.30. The molecule has 1 atom stereocenters. The summed E-state index contributed by atoms with van der Waals surface area (Å²) in [7, 11) is -12.8. The molecule has 0 fully saturated rings. The third kappa shape index (κ3) is 5.25. The molecule has 10 nitrogen and oxygen atoms in total. The summed E-state index contributed by atoms with van der Waals surface area (Å²) in [6.07, 6.45) is 3.80. The monoisotopic (exact) mass is 533 g/mol. The number of hydrogen-bond donors (Lipinski definition) is 0. The zero-order chi connectivity index (χ0) is 26.0. The van der Waals surface area contributed by atoms with Gasteiger partial charge >= 0.3 is 48.5 Å². The van der Waals surface area contributed by atoms with Gasteiger partial charge in [0.25, 0.3) is 0 Å². The second kappa shape index (κ2) is 9.47. The Labute approximate surface area is 185 Å². The molecule has 1 unspecified atom stereocenters. The topological polar surface area (TPSA) is 116 Å². The molecular formula is C15H21F6N3O7S2+2. The molecule has 0 saturated heterocycles. The maximum Gasteiger partial charge on any atom is 0.561 e. The van der Waals surface area contributed by atoms with Crippen LogP contribution in [0.25, 0.3) is 0 Å². The standard InChI is InChI=1S/C15H21F6N3O7S2/c1-5-6-9-31-12(25)13(2,23-8-7-22(3)10-23)11(30-4)24(32(26,27)14(16,17)18)33(28,29)15(19,20)21/h7-8,10H,5-6,9H2,1-4H3/q+2. The fourth-order valence-electron chi connectivity index (χ4n) is 2.45. The van der Waals surface area contributed by atoms with E-state index < -0.39 is 51.9 Å². The Morgan fingerprint density at radius 3 is 1.88 bits per heavy atom. The van der Waals surface area contributed by atoms with E-state index in [0.29, 0.717) is 25.0 Å². The summed E-state index contributed by atoms with van der Waals surface area (Å²) in [5, 5.41) is 0. The van der Waals surface area contributed by atoms with Crippen molar-refractivity contribution in [1.29, 1.82) is 0 Å². The number of halogens is 6. The van der Waals surface area contributed by atoms with Crippen molar-refractivity contribution in [3.8, 4) is 0 Å². The number of carbonyl (C=O) groups is 1. The number of aromatic nitrogens is 2. The van der Waals surface area contributed by atoms with Crippen LogP contribution in [0.5, 0.6) is 0 Å². The van der Waals surface area contributed by atoms with Crippen LogP contribution >= 0.6 is 0 Å². The van der Waals surface area contributed by atoms with Crippen LogP contribution in [0.1, 0.15) is 26.7 Å². The molecule has 0 N–H and O–H groups in total. The number of esters is 1. The third-order valence-electron chi connectivity index (χ3n) is 4.21. The van der Waals surface area contributed by atoms with Gasteiger partial charge in [0.05, 0.1) is 24.2 Å². The van der Waals surface area contributed by atoms with E-state index in [9.17, 15) is 48.0 Å². The molecular weight excluding hydrogens is 512 g/mol. The number of carbonyl (C=O) groups excluding carboxylic acids is 1. The van der Waals surface area contributed by atoms with Gasteiger partial charge in [-0.05, 0) is 6.42 Å². The molecule has 0 aliphatic carbocycles. The van der Waals surface area contributed by atoms with E-state index >= 15 is 0 Å². The predicted octanol–water partition coefficient (Wildman–Crippen LogP) is 1.13. The number of rotatable bonds is 8. The molecule has 1 aromatic rings. The van der Waals surface area contributed by atoms with Crippen LogP contribution in [0.4, 0.5) is 26.3 Å². The quantitative estimate of drug-likeness (QED) is 0.123. The van der Waals surface area contributed by atoms with Gasteiger partial charge in [-0.1, -0.05) is 13.3 Å². The molecule has 1 rings (SSSR count). The Hall–Kier alpha value is -2.37. The highest BCUT2D eigenvalue weighted by Gasteiger charge is 2.72. The Balaban J connectivity index is 4.24. The SMILES string of the molecule is CCCCOC(=O)C(C)(C(OC)=[N+](S(=O)(=O)C(F)(F)F)S(=O)(=O)C(F)(F)F)n1cc[n+](C)c1. The number of alkyl halides is 6. The summed E-state index contributed by atoms with van der Waals surface area (Å²) >= 11 is 0. The number of unbranched alkanes of at least 4 members (excludes halogenated alkanes) is 1. The van der Waals surface area contributed by atoms with Gasteiger partial charge in [-0.3, -0.25) is 0 Å². The Kier molecular flexibility index (Phi) is 8.23. The zero-order valence-electron chi connectivity index (χ0n) is 17.6. The van der Waals surface area contributed by atoms with Crippen molar-refractivity contribution >= 4 is 31.9 Å². The minimum absolute atomic E-state index is 0.231. The van der Waals surface area contributed by atoms with Crippen LogP contribution in [0.15, 0.2) is 18.7 Å².